The summed E-state index contributed by atoms with van der Waals surface area (Å²) in [5.74, 6) is 0. The molecule has 0 bridgehead atoms. The van der Waals surface area contributed by atoms with Crippen LogP contribution in [0.2, 0.25) is 0 Å². The van der Waals surface area contributed by atoms with Crippen LogP contribution in [0.5, 0.6) is 0 Å². The van der Waals surface area contributed by atoms with Crippen LogP contribution in [0.1, 0.15) is 25.7 Å². The van der Waals surface area contributed by atoms with Crippen molar-refractivity contribution in [2.75, 3.05) is 11.9 Å². The fourth-order valence-corrected chi connectivity index (χ4v) is 1.32. The maximum atomic E-state index is 10.3. The standard InChI is InChI=1S/C7H12BrIO2/c8-5-3-1-2-4-6-11-7(9)10/h1-6H2. The predicted molar refractivity (Wildman–Crippen MR) is 57.6 cm³/mol. The van der Waals surface area contributed by atoms with Gasteiger partial charge < -0.3 is 4.74 Å². The quantitative estimate of drug-likeness (QED) is 0.321. The van der Waals surface area contributed by atoms with Gasteiger partial charge in [-0.1, -0.05) is 28.8 Å². The van der Waals surface area contributed by atoms with Crippen LogP contribution in [0.4, 0.5) is 4.79 Å². The van der Waals surface area contributed by atoms with Crippen molar-refractivity contribution in [3.8, 4) is 0 Å². The lowest BCUT2D eigenvalue weighted by atomic mass is 10.2. The highest BCUT2D eigenvalue weighted by Crippen LogP contribution is 2.03. The van der Waals surface area contributed by atoms with Crippen molar-refractivity contribution in [2.45, 2.75) is 25.7 Å². The molecule has 0 aromatic carbocycles. The summed E-state index contributed by atoms with van der Waals surface area (Å²) >= 11 is 5.00. The topological polar surface area (TPSA) is 26.3 Å². The van der Waals surface area contributed by atoms with Crippen LogP contribution < -0.4 is 0 Å². The highest BCUT2D eigenvalue weighted by molar-refractivity contribution is 14.1. The van der Waals surface area contributed by atoms with Gasteiger partial charge in [-0.25, -0.2) is 4.79 Å². The van der Waals surface area contributed by atoms with Crippen molar-refractivity contribution in [2.24, 2.45) is 0 Å². The Kier molecular flexibility index (Phi) is 9.32. The Labute approximate surface area is 89.3 Å². The van der Waals surface area contributed by atoms with Crippen molar-refractivity contribution in [3.05, 3.63) is 0 Å². The molecular weight excluding hydrogens is 323 g/mol. The molecule has 11 heavy (non-hydrogen) atoms. The van der Waals surface area contributed by atoms with Crippen LogP contribution in [0.15, 0.2) is 0 Å². The normalized spacial score (nSPS) is 9.64. The summed E-state index contributed by atoms with van der Waals surface area (Å²) < 4.78 is 4.55. The van der Waals surface area contributed by atoms with E-state index in [1.54, 1.807) is 22.6 Å². The van der Waals surface area contributed by atoms with Crippen LogP contribution in [-0.2, 0) is 4.74 Å². The van der Waals surface area contributed by atoms with Gasteiger partial charge in [0.25, 0.3) is 0 Å². The van der Waals surface area contributed by atoms with E-state index in [2.05, 4.69) is 15.9 Å². The minimum atomic E-state index is -0.205. The molecule has 0 aliphatic carbocycles. The molecule has 0 saturated carbocycles. The van der Waals surface area contributed by atoms with E-state index in [1.165, 1.54) is 12.8 Å². The maximum Gasteiger partial charge on any atom is 0.367 e. The third-order valence-corrected chi connectivity index (χ3v) is 2.12. The first-order valence-electron chi connectivity index (χ1n) is 3.65. The molecule has 0 spiro atoms. The average molecular weight is 335 g/mol. The van der Waals surface area contributed by atoms with Crippen LogP contribution in [0.3, 0.4) is 0 Å². The molecule has 0 N–H and O–H groups in total. The second kappa shape index (κ2) is 8.77. The second-order valence-corrected chi connectivity index (χ2v) is 3.86. The van der Waals surface area contributed by atoms with E-state index in [1.807, 2.05) is 0 Å². The van der Waals surface area contributed by atoms with Crippen LogP contribution in [-0.4, -0.2) is 15.9 Å². The Morgan fingerprint density at radius 1 is 1.27 bits per heavy atom. The zero-order chi connectivity index (χ0) is 8.53. The van der Waals surface area contributed by atoms with Crippen molar-refractivity contribution < 1.29 is 9.53 Å². The van der Waals surface area contributed by atoms with Gasteiger partial charge in [0.1, 0.15) is 0 Å². The molecule has 0 saturated heterocycles. The van der Waals surface area contributed by atoms with Gasteiger partial charge in [0.2, 0.25) is 0 Å². The highest BCUT2D eigenvalue weighted by Gasteiger charge is 1.93. The van der Waals surface area contributed by atoms with Crippen molar-refractivity contribution >= 4 is 42.5 Å². The smallest absolute Gasteiger partial charge is 0.367 e. The molecule has 4 heteroatoms. The molecule has 0 aliphatic heterocycles. The van der Waals surface area contributed by atoms with Gasteiger partial charge in [0, 0.05) is 5.33 Å². The van der Waals surface area contributed by atoms with Crippen LogP contribution in [0.25, 0.3) is 0 Å². The number of unbranched alkanes of at least 4 members (excludes halogenated alkanes) is 3. The minimum absolute atomic E-state index is 0.205. The molecule has 0 aromatic heterocycles. The van der Waals surface area contributed by atoms with Crippen molar-refractivity contribution in [3.63, 3.8) is 0 Å². The summed E-state index contributed by atoms with van der Waals surface area (Å²) in [6.45, 7) is 0.573. The highest BCUT2D eigenvalue weighted by atomic mass is 127. The third-order valence-electron chi connectivity index (χ3n) is 1.24. The van der Waals surface area contributed by atoms with Gasteiger partial charge in [-0.2, -0.15) is 0 Å². The molecule has 0 amide bonds. The molecule has 0 radical (unpaired) electrons. The van der Waals surface area contributed by atoms with Crippen molar-refractivity contribution in [1.82, 2.24) is 0 Å². The number of rotatable bonds is 6. The van der Waals surface area contributed by atoms with Crippen LogP contribution >= 0.6 is 38.5 Å². The number of halogens is 2. The molecule has 0 rings (SSSR count). The summed E-state index contributed by atoms with van der Waals surface area (Å²) in [6, 6.07) is 0. The van der Waals surface area contributed by atoms with Gasteiger partial charge in [-0.15, -0.1) is 0 Å². The molecule has 0 fully saturated rings. The van der Waals surface area contributed by atoms with Gasteiger partial charge >= 0.3 is 3.98 Å². The molecular formula is C7H12BrIO2. The first-order chi connectivity index (χ1) is 5.27. The SMILES string of the molecule is O=C(I)OCCCCCCBr. The number of carbonyl (C=O) groups is 1. The van der Waals surface area contributed by atoms with E-state index in [4.69, 9.17) is 4.74 Å². The summed E-state index contributed by atoms with van der Waals surface area (Å²) in [6.07, 6.45) is 4.56. The maximum absolute atomic E-state index is 10.3. The fourth-order valence-electron chi connectivity index (χ4n) is 0.703. The van der Waals surface area contributed by atoms with Crippen molar-refractivity contribution in [1.29, 1.82) is 0 Å². The predicted octanol–water partition coefficient (Wildman–Crippen LogP) is 3.51. The van der Waals surface area contributed by atoms with Gasteiger partial charge in [0.15, 0.2) is 0 Å². The summed E-state index contributed by atoms with van der Waals surface area (Å²) in [4.78, 5) is 10.3. The minimum Gasteiger partial charge on any atom is -0.458 e. The van der Waals surface area contributed by atoms with E-state index in [0.29, 0.717) is 6.61 Å². The zero-order valence-electron chi connectivity index (χ0n) is 6.32. The summed E-state index contributed by atoms with van der Waals surface area (Å²) in [5.41, 5.74) is 0. The molecule has 0 aromatic rings. The van der Waals surface area contributed by atoms with E-state index in [0.717, 1.165) is 18.2 Å². The van der Waals surface area contributed by atoms with E-state index < -0.39 is 0 Å². The monoisotopic (exact) mass is 334 g/mol. The Bertz CT molecular complexity index is 109. The lowest BCUT2D eigenvalue weighted by Gasteiger charge is -1.99. The Balaban J connectivity index is 2.85. The average Bonchev–Trinajstić information content (AvgIpc) is 1.96. The first-order valence-corrected chi connectivity index (χ1v) is 5.85. The summed E-state index contributed by atoms with van der Waals surface area (Å²) in [5, 5.41) is 1.07. The van der Waals surface area contributed by atoms with E-state index >= 15 is 0 Å². The number of alkyl halides is 1. The second-order valence-electron chi connectivity index (χ2n) is 2.19. The zero-order valence-corrected chi connectivity index (χ0v) is 10.1. The number of ether oxygens (including phenoxy) is 1. The molecule has 0 atom stereocenters. The van der Waals surface area contributed by atoms with Crippen LogP contribution in [0, 0.1) is 0 Å². The number of hydrogen-bond donors (Lipinski definition) is 0. The molecule has 0 aliphatic rings. The molecule has 0 unspecified atom stereocenters. The largest absolute Gasteiger partial charge is 0.458 e. The molecule has 2 nitrogen and oxygen atoms in total. The van der Waals surface area contributed by atoms with Gasteiger partial charge in [0.05, 0.1) is 29.2 Å². The number of carbonyl (C=O) groups excluding carboxylic acids is 1. The van der Waals surface area contributed by atoms with E-state index in [9.17, 15) is 4.79 Å². The Morgan fingerprint density at radius 3 is 2.45 bits per heavy atom. The Morgan fingerprint density at radius 2 is 1.91 bits per heavy atom. The third kappa shape index (κ3) is 10.7. The van der Waals surface area contributed by atoms with E-state index in [-0.39, 0.29) is 3.98 Å². The fraction of sp³-hybridized carbons (Fsp3) is 0.857. The lowest BCUT2D eigenvalue weighted by Crippen LogP contribution is -1.95. The number of hydrogen-bond acceptors (Lipinski definition) is 2. The van der Waals surface area contributed by atoms with Gasteiger partial charge in [-0.05, 0) is 12.8 Å². The Hall–Kier alpha value is 0.680. The van der Waals surface area contributed by atoms with Gasteiger partial charge in [-0.3, -0.25) is 0 Å². The molecule has 0 heterocycles. The first kappa shape index (κ1) is 11.7. The molecule has 66 valence electrons. The summed E-state index contributed by atoms with van der Waals surface area (Å²) in [7, 11) is 0. The lowest BCUT2D eigenvalue weighted by molar-refractivity contribution is 0.176.